The van der Waals surface area contributed by atoms with Gasteiger partial charge in [0.1, 0.15) is 11.6 Å². The Balaban J connectivity index is 1.64. The lowest BCUT2D eigenvalue weighted by Gasteiger charge is -2.21. The first-order chi connectivity index (χ1) is 15.9. The fraction of sp³-hybridized carbons (Fsp3) is 0.346. The number of aryl methyl sites for hydroxylation is 1. The van der Waals surface area contributed by atoms with Crippen LogP contribution in [0.4, 0.5) is 0 Å². The Morgan fingerprint density at radius 2 is 1.79 bits per heavy atom. The third-order valence-corrected chi connectivity index (χ3v) is 5.12. The molecule has 0 fully saturated rings. The Hall–Kier alpha value is -3.63. The van der Waals surface area contributed by atoms with Gasteiger partial charge in [0.25, 0.3) is 5.91 Å². The highest BCUT2D eigenvalue weighted by Crippen LogP contribution is 2.26. The van der Waals surface area contributed by atoms with Gasteiger partial charge in [-0.1, -0.05) is 62.4 Å². The van der Waals surface area contributed by atoms with E-state index in [1.807, 2.05) is 68.4 Å². The average molecular weight is 449 g/mol. The summed E-state index contributed by atoms with van der Waals surface area (Å²) in [6, 6.07) is 18.0. The van der Waals surface area contributed by atoms with Crippen molar-refractivity contribution >= 4 is 22.8 Å². The number of nitriles is 1. The van der Waals surface area contributed by atoms with Gasteiger partial charge in [0, 0.05) is 10.9 Å². The molecular weight excluding hydrogens is 420 g/mol. The van der Waals surface area contributed by atoms with Gasteiger partial charge >= 0.3 is 5.97 Å². The Morgan fingerprint density at radius 1 is 1.09 bits per heavy atom. The number of carbonyl (C=O) groups is 2. The number of ether oxygens (including phenoxy) is 2. The summed E-state index contributed by atoms with van der Waals surface area (Å²) in [6.07, 6.45) is -0.755. The summed E-state index contributed by atoms with van der Waals surface area (Å²) in [5, 5.41) is 12.9. The van der Waals surface area contributed by atoms with Crippen molar-refractivity contribution in [1.29, 1.82) is 5.26 Å². The van der Waals surface area contributed by atoms with Gasteiger partial charge in [-0.05, 0) is 30.9 Å². The number of nitrogens with zero attached hydrogens (tertiary/aromatic N) is 1. The predicted molar refractivity (Wildman–Crippen MR) is 123 cm³/mol. The number of carbonyl (C=O) groups excluding carboxylic acids is 2. The molecule has 0 aliphatic heterocycles. The number of benzene rings is 2. The number of esters is 1. The summed E-state index contributed by atoms with van der Waals surface area (Å²) < 4.78 is 16.8. The Morgan fingerprint density at radius 3 is 2.45 bits per heavy atom. The van der Waals surface area contributed by atoms with Crippen molar-refractivity contribution in [3.05, 3.63) is 71.5 Å². The summed E-state index contributed by atoms with van der Waals surface area (Å²) in [7, 11) is 0. The number of para-hydroxylation sites is 1. The molecule has 1 aromatic heterocycles. The van der Waals surface area contributed by atoms with E-state index in [0.29, 0.717) is 24.2 Å². The summed E-state index contributed by atoms with van der Waals surface area (Å²) in [5.74, 6) is -1.10. The Kier molecular flexibility index (Phi) is 8.22. The van der Waals surface area contributed by atoms with E-state index in [9.17, 15) is 14.9 Å². The normalized spacial score (nSPS) is 12.8. The first-order valence-corrected chi connectivity index (χ1v) is 10.9. The standard InChI is InChI=1S/C26H28N2O5/c1-17(2)13-23(33-26(30)24-18(3)21-11-7-8-12-22(21)32-24)25(29)28-20(14-27)16-31-15-19-9-5-4-6-10-19/h4-12,17,20,23H,13,15-16H2,1-3H3,(H,28,29). The van der Waals surface area contributed by atoms with Crippen LogP contribution >= 0.6 is 0 Å². The average Bonchev–Trinajstić information content (AvgIpc) is 3.15. The van der Waals surface area contributed by atoms with Crippen molar-refractivity contribution in [3.8, 4) is 6.07 Å². The molecule has 0 bridgehead atoms. The number of furan rings is 1. The molecule has 7 nitrogen and oxygen atoms in total. The van der Waals surface area contributed by atoms with Crippen molar-refractivity contribution in [2.75, 3.05) is 6.61 Å². The maximum absolute atomic E-state index is 12.9. The van der Waals surface area contributed by atoms with Crippen LogP contribution in [0.25, 0.3) is 11.0 Å². The zero-order chi connectivity index (χ0) is 23.8. The third kappa shape index (κ3) is 6.43. The van der Waals surface area contributed by atoms with E-state index in [0.717, 1.165) is 10.9 Å². The summed E-state index contributed by atoms with van der Waals surface area (Å²) >= 11 is 0. The van der Waals surface area contributed by atoms with E-state index in [1.54, 1.807) is 13.0 Å². The smallest absolute Gasteiger partial charge is 0.375 e. The molecule has 172 valence electrons. The zero-order valence-corrected chi connectivity index (χ0v) is 19.0. The molecule has 2 atom stereocenters. The largest absolute Gasteiger partial charge is 0.449 e. The van der Waals surface area contributed by atoms with E-state index in [4.69, 9.17) is 13.9 Å². The molecule has 3 aromatic rings. The van der Waals surface area contributed by atoms with Crippen molar-refractivity contribution < 1.29 is 23.5 Å². The fourth-order valence-electron chi connectivity index (χ4n) is 3.43. The number of hydrogen-bond donors (Lipinski definition) is 1. The first kappa shape index (κ1) is 24.0. The predicted octanol–water partition coefficient (Wildman–Crippen LogP) is 4.54. The number of hydrogen-bond acceptors (Lipinski definition) is 6. The maximum Gasteiger partial charge on any atom is 0.375 e. The van der Waals surface area contributed by atoms with Gasteiger partial charge in [-0.25, -0.2) is 4.79 Å². The second-order valence-corrected chi connectivity index (χ2v) is 8.27. The SMILES string of the molecule is Cc1c(C(=O)OC(CC(C)C)C(=O)NC(C#N)COCc2ccccc2)oc2ccccc12. The molecule has 1 heterocycles. The van der Waals surface area contributed by atoms with Crippen LogP contribution in [0.5, 0.6) is 0 Å². The summed E-state index contributed by atoms with van der Waals surface area (Å²) in [4.78, 5) is 25.7. The lowest BCUT2D eigenvalue weighted by molar-refractivity contribution is -0.131. The number of amides is 1. The molecular formula is C26H28N2O5. The van der Waals surface area contributed by atoms with E-state index in [1.165, 1.54) is 0 Å². The lowest BCUT2D eigenvalue weighted by Crippen LogP contribution is -2.45. The van der Waals surface area contributed by atoms with Crippen molar-refractivity contribution in [1.82, 2.24) is 5.32 Å². The molecule has 0 radical (unpaired) electrons. The molecule has 2 unspecified atom stereocenters. The molecule has 0 spiro atoms. The Labute approximate surface area is 193 Å². The number of nitrogens with one attached hydrogen (secondary N) is 1. The minimum atomic E-state index is -1.06. The first-order valence-electron chi connectivity index (χ1n) is 10.9. The van der Waals surface area contributed by atoms with Crippen LogP contribution in [-0.4, -0.2) is 30.6 Å². The van der Waals surface area contributed by atoms with Gasteiger partial charge in [-0.3, -0.25) is 4.79 Å². The highest BCUT2D eigenvalue weighted by molar-refractivity contribution is 5.97. The quantitative estimate of drug-likeness (QED) is 0.457. The van der Waals surface area contributed by atoms with Gasteiger partial charge < -0.3 is 19.2 Å². The van der Waals surface area contributed by atoms with Gasteiger partial charge in [-0.2, -0.15) is 5.26 Å². The van der Waals surface area contributed by atoms with Crippen LogP contribution in [0.2, 0.25) is 0 Å². The Bertz CT molecular complexity index is 1130. The van der Waals surface area contributed by atoms with Gasteiger partial charge in [0.2, 0.25) is 5.76 Å². The molecule has 3 rings (SSSR count). The van der Waals surface area contributed by atoms with Crippen LogP contribution in [0, 0.1) is 24.2 Å². The van der Waals surface area contributed by atoms with Gasteiger partial charge in [0.05, 0.1) is 19.3 Å². The van der Waals surface area contributed by atoms with Crippen molar-refractivity contribution in [2.24, 2.45) is 5.92 Å². The minimum Gasteiger partial charge on any atom is -0.449 e. The highest BCUT2D eigenvalue weighted by atomic mass is 16.6. The van der Waals surface area contributed by atoms with Crippen LogP contribution in [0.3, 0.4) is 0 Å². The van der Waals surface area contributed by atoms with E-state index >= 15 is 0 Å². The molecule has 7 heteroatoms. The van der Waals surface area contributed by atoms with Crippen LogP contribution in [0.15, 0.2) is 59.0 Å². The maximum atomic E-state index is 12.9. The topological polar surface area (TPSA) is 102 Å². The number of rotatable bonds is 10. The summed E-state index contributed by atoms with van der Waals surface area (Å²) in [6.45, 7) is 5.96. The molecule has 1 N–H and O–H groups in total. The van der Waals surface area contributed by atoms with E-state index in [2.05, 4.69) is 5.32 Å². The van der Waals surface area contributed by atoms with E-state index < -0.39 is 24.0 Å². The number of fused-ring (bicyclic) bond motifs is 1. The lowest BCUT2D eigenvalue weighted by atomic mass is 10.0. The molecule has 1 amide bonds. The van der Waals surface area contributed by atoms with E-state index in [-0.39, 0.29) is 18.3 Å². The molecule has 2 aromatic carbocycles. The fourth-order valence-corrected chi connectivity index (χ4v) is 3.43. The zero-order valence-electron chi connectivity index (χ0n) is 19.0. The van der Waals surface area contributed by atoms with Gasteiger partial charge in [0.15, 0.2) is 6.10 Å². The molecule has 33 heavy (non-hydrogen) atoms. The van der Waals surface area contributed by atoms with Crippen molar-refractivity contribution in [3.63, 3.8) is 0 Å². The second kappa shape index (κ2) is 11.3. The second-order valence-electron chi connectivity index (χ2n) is 8.27. The van der Waals surface area contributed by atoms with Crippen molar-refractivity contribution in [2.45, 2.75) is 45.9 Å². The third-order valence-electron chi connectivity index (χ3n) is 5.12. The monoisotopic (exact) mass is 448 g/mol. The molecule has 0 aliphatic rings. The molecule has 0 saturated carbocycles. The minimum absolute atomic E-state index is 0.0160. The highest BCUT2D eigenvalue weighted by Gasteiger charge is 2.29. The van der Waals surface area contributed by atoms with Crippen LogP contribution < -0.4 is 5.32 Å². The molecule has 0 saturated heterocycles. The van der Waals surface area contributed by atoms with Gasteiger partial charge in [-0.15, -0.1) is 0 Å². The molecule has 0 aliphatic carbocycles. The van der Waals surface area contributed by atoms with Crippen LogP contribution in [0.1, 0.15) is 41.9 Å². The van der Waals surface area contributed by atoms with Crippen LogP contribution in [-0.2, 0) is 20.9 Å². The summed E-state index contributed by atoms with van der Waals surface area (Å²) in [5.41, 5.74) is 2.20.